The van der Waals surface area contributed by atoms with Crippen LogP contribution in [0.5, 0.6) is 0 Å². The van der Waals surface area contributed by atoms with Crippen LogP contribution in [0.2, 0.25) is 0 Å². The zero-order valence-electron chi connectivity index (χ0n) is 19.5. The maximum absolute atomic E-state index is 5.81. The van der Waals surface area contributed by atoms with Crippen LogP contribution >= 0.6 is 0 Å². The van der Waals surface area contributed by atoms with Crippen molar-refractivity contribution in [3.8, 4) is 0 Å². The Hall–Kier alpha value is -1.25. The third-order valence-electron chi connectivity index (χ3n) is 4.37. The summed E-state index contributed by atoms with van der Waals surface area (Å²) in [4.78, 5) is 4.50. The Morgan fingerprint density at radius 3 is 1.93 bits per heavy atom. The van der Waals surface area contributed by atoms with Crippen LogP contribution in [0.4, 0.5) is 0 Å². The molecule has 0 aromatic heterocycles. The maximum atomic E-state index is 5.81. The van der Waals surface area contributed by atoms with Gasteiger partial charge in [-0.15, -0.1) is 0 Å². The molecule has 0 aliphatic carbocycles. The summed E-state index contributed by atoms with van der Waals surface area (Å²) in [6.07, 6.45) is 24.5. The minimum absolute atomic E-state index is 0.261. The molecule has 28 heavy (non-hydrogen) atoms. The van der Waals surface area contributed by atoms with Crippen LogP contribution < -0.4 is 5.32 Å². The van der Waals surface area contributed by atoms with Crippen molar-refractivity contribution in [3.63, 3.8) is 0 Å². The lowest BCUT2D eigenvalue weighted by Crippen LogP contribution is -2.33. The Labute approximate surface area is 176 Å². The van der Waals surface area contributed by atoms with Crippen LogP contribution in [-0.2, 0) is 4.74 Å². The van der Waals surface area contributed by atoms with E-state index in [1.807, 2.05) is 0 Å². The van der Waals surface area contributed by atoms with Gasteiger partial charge in [-0.05, 0) is 66.2 Å². The van der Waals surface area contributed by atoms with Crippen molar-refractivity contribution in [1.82, 2.24) is 5.32 Å². The number of hydrogen-bond acceptors (Lipinski definition) is 2. The lowest BCUT2D eigenvalue weighted by molar-refractivity contribution is 0.272. The number of unbranched alkanes of at least 4 members (excludes halogenated alkanes) is 9. The fourth-order valence-electron chi connectivity index (χ4n) is 2.86. The van der Waals surface area contributed by atoms with E-state index in [9.17, 15) is 0 Å². The average molecular weight is 393 g/mol. The highest BCUT2D eigenvalue weighted by molar-refractivity contribution is 5.73. The predicted molar refractivity (Wildman–Crippen MR) is 126 cm³/mol. The monoisotopic (exact) mass is 392 g/mol. The van der Waals surface area contributed by atoms with Crippen LogP contribution in [0.3, 0.4) is 0 Å². The Bertz CT molecular complexity index is 411. The molecule has 0 aromatic carbocycles. The highest BCUT2D eigenvalue weighted by Gasteiger charge is 2.03. The third-order valence-corrected chi connectivity index (χ3v) is 4.37. The van der Waals surface area contributed by atoms with Gasteiger partial charge in [0.2, 0.25) is 0 Å². The number of allylic oxidation sites excluding steroid dienone is 4. The summed E-state index contributed by atoms with van der Waals surface area (Å²) in [6, 6.07) is 1.32. The molecule has 3 nitrogen and oxygen atoms in total. The predicted octanol–water partition coefficient (Wildman–Crippen LogP) is 7.58. The number of nitrogens with zero attached hydrogens (tertiary/aromatic N) is 1. The zero-order valence-corrected chi connectivity index (χ0v) is 19.5. The molecule has 0 saturated heterocycles. The molecule has 0 bridgehead atoms. The van der Waals surface area contributed by atoms with Crippen LogP contribution in [0.15, 0.2) is 29.3 Å². The van der Waals surface area contributed by atoms with Crippen LogP contribution in [0.1, 0.15) is 112 Å². The molecule has 0 aliphatic rings. The fourth-order valence-corrected chi connectivity index (χ4v) is 2.86. The first-order valence-electron chi connectivity index (χ1n) is 11.8. The normalized spacial score (nSPS) is 12.8. The Kier molecular flexibility index (Phi) is 19.6. The van der Waals surface area contributed by atoms with Crippen molar-refractivity contribution in [2.24, 2.45) is 4.99 Å². The molecular weight excluding hydrogens is 344 g/mol. The molecule has 0 fully saturated rings. The molecule has 0 atom stereocenters. The molecular formula is C25H48N2O. The van der Waals surface area contributed by atoms with E-state index in [0.29, 0.717) is 12.1 Å². The number of amidine groups is 1. The lowest BCUT2D eigenvalue weighted by atomic mass is 10.1. The maximum Gasteiger partial charge on any atom is 0.285 e. The van der Waals surface area contributed by atoms with Gasteiger partial charge in [-0.25, -0.2) is 4.99 Å². The van der Waals surface area contributed by atoms with E-state index in [4.69, 9.17) is 4.74 Å². The summed E-state index contributed by atoms with van der Waals surface area (Å²) < 4.78 is 5.81. The van der Waals surface area contributed by atoms with Crippen molar-refractivity contribution < 1.29 is 4.74 Å². The summed E-state index contributed by atoms with van der Waals surface area (Å²) in [7, 11) is 0. The van der Waals surface area contributed by atoms with Crippen LogP contribution in [0, 0.1) is 0 Å². The Balaban J connectivity index is 3.48. The van der Waals surface area contributed by atoms with Crippen molar-refractivity contribution in [2.45, 2.75) is 124 Å². The van der Waals surface area contributed by atoms with E-state index in [0.717, 1.165) is 19.4 Å². The molecule has 1 N–H and O–H groups in total. The molecule has 3 heteroatoms. The third kappa shape index (κ3) is 21.1. The van der Waals surface area contributed by atoms with E-state index in [2.05, 4.69) is 69.2 Å². The topological polar surface area (TPSA) is 33.6 Å². The van der Waals surface area contributed by atoms with Crippen molar-refractivity contribution in [1.29, 1.82) is 0 Å². The molecule has 0 aliphatic heterocycles. The van der Waals surface area contributed by atoms with E-state index < -0.39 is 0 Å². The lowest BCUT2D eigenvalue weighted by Gasteiger charge is -2.15. The quantitative estimate of drug-likeness (QED) is 0.120. The van der Waals surface area contributed by atoms with E-state index in [1.54, 1.807) is 0 Å². The average Bonchev–Trinajstić information content (AvgIpc) is 2.63. The first kappa shape index (κ1) is 26.8. The fraction of sp³-hybridized carbons (Fsp3) is 0.800. The van der Waals surface area contributed by atoms with E-state index >= 15 is 0 Å². The van der Waals surface area contributed by atoms with Crippen molar-refractivity contribution in [2.75, 3.05) is 6.61 Å². The highest BCUT2D eigenvalue weighted by Crippen LogP contribution is 2.08. The second-order valence-corrected chi connectivity index (χ2v) is 8.26. The molecule has 0 heterocycles. The largest absolute Gasteiger partial charge is 0.465 e. The van der Waals surface area contributed by atoms with Crippen LogP contribution in [0.25, 0.3) is 0 Å². The van der Waals surface area contributed by atoms with Crippen molar-refractivity contribution in [3.05, 3.63) is 24.3 Å². The molecule has 0 radical (unpaired) electrons. The van der Waals surface area contributed by atoms with Gasteiger partial charge in [0.1, 0.15) is 0 Å². The summed E-state index contributed by atoms with van der Waals surface area (Å²) in [5.41, 5.74) is 0. The highest BCUT2D eigenvalue weighted by atomic mass is 16.5. The Morgan fingerprint density at radius 1 is 0.786 bits per heavy atom. The first-order valence-corrected chi connectivity index (χ1v) is 11.8. The number of ether oxygens (including phenoxy) is 1. The molecule has 0 saturated carbocycles. The molecule has 0 spiro atoms. The number of hydrogen-bond donors (Lipinski definition) is 1. The molecule has 0 rings (SSSR count). The van der Waals surface area contributed by atoms with Crippen molar-refractivity contribution >= 4 is 6.02 Å². The first-order chi connectivity index (χ1) is 13.6. The summed E-state index contributed by atoms with van der Waals surface area (Å²) in [5, 5.41) is 3.28. The van der Waals surface area contributed by atoms with Gasteiger partial charge in [0.15, 0.2) is 0 Å². The van der Waals surface area contributed by atoms with E-state index in [-0.39, 0.29) is 6.04 Å². The molecule has 0 unspecified atom stereocenters. The van der Waals surface area contributed by atoms with E-state index in [1.165, 1.54) is 64.2 Å². The second kappa shape index (κ2) is 20.5. The molecule has 0 amide bonds. The Morgan fingerprint density at radius 2 is 1.36 bits per heavy atom. The molecule has 164 valence electrons. The summed E-state index contributed by atoms with van der Waals surface area (Å²) in [5.74, 6) is 0. The van der Waals surface area contributed by atoms with Gasteiger partial charge in [0.25, 0.3) is 6.02 Å². The summed E-state index contributed by atoms with van der Waals surface area (Å²) >= 11 is 0. The molecule has 0 aromatic rings. The SMILES string of the molecule is CCCCCC=CCC=CCCCCCCCCOC(=NC(C)C)NC(C)C. The van der Waals surface area contributed by atoms with Gasteiger partial charge < -0.3 is 10.1 Å². The minimum atomic E-state index is 0.261. The van der Waals surface area contributed by atoms with Gasteiger partial charge in [-0.2, -0.15) is 0 Å². The van der Waals surface area contributed by atoms with Crippen LogP contribution in [-0.4, -0.2) is 24.7 Å². The number of nitrogens with one attached hydrogen (secondary N) is 1. The van der Waals surface area contributed by atoms with Gasteiger partial charge in [-0.1, -0.05) is 69.8 Å². The smallest absolute Gasteiger partial charge is 0.285 e. The zero-order chi connectivity index (χ0) is 20.9. The number of aliphatic imine (C=N–C) groups is 1. The van der Waals surface area contributed by atoms with Gasteiger partial charge in [0.05, 0.1) is 6.61 Å². The number of rotatable bonds is 17. The minimum Gasteiger partial charge on any atom is -0.465 e. The second-order valence-electron chi connectivity index (χ2n) is 8.26. The summed E-state index contributed by atoms with van der Waals surface area (Å²) in [6.45, 7) is 11.4. The van der Waals surface area contributed by atoms with Gasteiger partial charge in [-0.3, -0.25) is 0 Å². The van der Waals surface area contributed by atoms with Gasteiger partial charge in [0, 0.05) is 12.1 Å². The standard InChI is InChI=1S/C25H48N2O/c1-6-7-8-9-10-11-12-13-14-15-16-17-18-19-20-21-22-28-25(26-23(2)3)27-24(4)5/h10-11,13-14,23-24H,6-9,12,15-22H2,1-5H3,(H,26,27). The van der Waals surface area contributed by atoms with Gasteiger partial charge >= 0.3 is 0 Å².